The lowest BCUT2D eigenvalue weighted by atomic mass is 10.3. The summed E-state index contributed by atoms with van der Waals surface area (Å²) in [5, 5.41) is 6.44. The van der Waals surface area contributed by atoms with E-state index in [4.69, 9.17) is 5.73 Å². The van der Waals surface area contributed by atoms with Crippen LogP contribution < -0.4 is 16.4 Å². The highest BCUT2D eigenvalue weighted by Gasteiger charge is 1.91. The van der Waals surface area contributed by atoms with Crippen molar-refractivity contribution in [2.45, 2.75) is 12.8 Å². The maximum absolute atomic E-state index is 5.39. The molecule has 1 heterocycles. The van der Waals surface area contributed by atoms with Gasteiger partial charge in [0.15, 0.2) is 0 Å². The van der Waals surface area contributed by atoms with Gasteiger partial charge in [-0.05, 0) is 32.0 Å². The molecular formula is C10H19N5. The summed E-state index contributed by atoms with van der Waals surface area (Å²) >= 11 is 0. The fourth-order valence-electron chi connectivity index (χ4n) is 1.17. The van der Waals surface area contributed by atoms with Crippen molar-refractivity contribution in [2.75, 3.05) is 31.5 Å². The molecule has 15 heavy (non-hydrogen) atoms. The summed E-state index contributed by atoms with van der Waals surface area (Å²) in [4.78, 5) is 8.12. The zero-order valence-corrected chi connectivity index (χ0v) is 8.95. The standard InChI is InChI=1S/C10H19N5/c11-4-1-2-5-12-8-9-15-10-13-6-3-7-14-10/h3,6-7,12H,1-2,4-5,8-9,11H2,(H,13,14,15). The molecule has 0 aromatic carbocycles. The largest absolute Gasteiger partial charge is 0.353 e. The molecule has 1 aromatic heterocycles. The summed E-state index contributed by atoms with van der Waals surface area (Å²) in [5.41, 5.74) is 5.39. The smallest absolute Gasteiger partial charge is 0.222 e. The fraction of sp³-hybridized carbons (Fsp3) is 0.600. The Labute approximate surface area is 90.5 Å². The van der Waals surface area contributed by atoms with Crippen molar-refractivity contribution in [3.8, 4) is 0 Å². The van der Waals surface area contributed by atoms with Crippen molar-refractivity contribution >= 4 is 5.95 Å². The molecule has 0 aliphatic heterocycles. The molecule has 1 rings (SSSR count). The predicted molar refractivity (Wildman–Crippen MR) is 61.7 cm³/mol. The number of nitrogens with two attached hydrogens (primary N) is 1. The number of nitrogens with zero attached hydrogens (tertiary/aromatic N) is 2. The number of anilines is 1. The number of aromatic nitrogens is 2. The summed E-state index contributed by atoms with van der Waals surface area (Å²) in [7, 11) is 0. The normalized spacial score (nSPS) is 10.2. The van der Waals surface area contributed by atoms with Gasteiger partial charge >= 0.3 is 0 Å². The Bertz CT molecular complexity index is 239. The Morgan fingerprint density at radius 2 is 1.87 bits per heavy atom. The summed E-state index contributed by atoms with van der Waals surface area (Å²) in [5.74, 6) is 0.682. The van der Waals surface area contributed by atoms with E-state index in [9.17, 15) is 0 Å². The number of rotatable bonds is 8. The van der Waals surface area contributed by atoms with Gasteiger partial charge in [-0.3, -0.25) is 0 Å². The van der Waals surface area contributed by atoms with Gasteiger partial charge in [0, 0.05) is 25.5 Å². The minimum Gasteiger partial charge on any atom is -0.353 e. The Kier molecular flexibility index (Phi) is 6.44. The van der Waals surface area contributed by atoms with Crippen LogP contribution in [0, 0.1) is 0 Å². The first-order valence-corrected chi connectivity index (χ1v) is 5.35. The average Bonchev–Trinajstić information content (AvgIpc) is 2.29. The van der Waals surface area contributed by atoms with Crippen molar-refractivity contribution in [3.05, 3.63) is 18.5 Å². The van der Waals surface area contributed by atoms with Gasteiger partial charge in [-0.1, -0.05) is 0 Å². The molecule has 84 valence electrons. The van der Waals surface area contributed by atoms with Crippen molar-refractivity contribution in [2.24, 2.45) is 5.73 Å². The second-order valence-corrected chi connectivity index (χ2v) is 3.24. The molecule has 0 atom stereocenters. The Morgan fingerprint density at radius 1 is 1.07 bits per heavy atom. The molecule has 4 N–H and O–H groups in total. The third-order valence-electron chi connectivity index (χ3n) is 1.96. The van der Waals surface area contributed by atoms with E-state index in [-0.39, 0.29) is 0 Å². The molecular weight excluding hydrogens is 190 g/mol. The van der Waals surface area contributed by atoms with E-state index in [2.05, 4.69) is 20.6 Å². The summed E-state index contributed by atoms with van der Waals surface area (Å²) in [6, 6.07) is 1.80. The first-order chi connectivity index (χ1) is 7.43. The van der Waals surface area contributed by atoms with E-state index in [1.807, 2.05) is 0 Å². The summed E-state index contributed by atoms with van der Waals surface area (Å²) in [6.07, 6.45) is 5.68. The molecule has 0 spiro atoms. The fourth-order valence-corrected chi connectivity index (χ4v) is 1.17. The molecule has 0 radical (unpaired) electrons. The number of unbranched alkanes of at least 4 members (excludes halogenated alkanes) is 1. The van der Waals surface area contributed by atoms with Crippen LogP contribution in [-0.4, -0.2) is 36.1 Å². The minimum absolute atomic E-state index is 0.682. The van der Waals surface area contributed by atoms with E-state index >= 15 is 0 Å². The number of hydrogen-bond acceptors (Lipinski definition) is 5. The molecule has 5 nitrogen and oxygen atoms in total. The highest BCUT2D eigenvalue weighted by molar-refractivity contribution is 5.21. The topological polar surface area (TPSA) is 75.9 Å². The molecule has 0 bridgehead atoms. The average molecular weight is 209 g/mol. The zero-order valence-electron chi connectivity index (χ0n) is 8.95. The van der Waals surface area contributed by atoms with Gasteiger partial charge in [0.1, 0.15) is 0 Å². The highest BCUT2D eigenvalue weighted by atomic mass is 15.1. The Morgan fingerprint density at radius 3 is 2.60 bits per heavy atom. The van der Waals surface area contributed by atoms with Crippen LogP contribution in [0.3, 0.4) is 0 Å². The molecule has 0 amide bonds. The van der Waals surface area contributed by atoms with Gasteiger partial charge in [-0.15, -0.1) is 0 Å². The lowest BCUT2D eigenvalue weighted by molar-refractivity contribution is 0.636. The second kappa shape index (κ2) is 8.14. The van der Waals surface area contributed by atoms with E-state index in [0.717, 1.165) is 39.0 Å². The molecule has 0 aliphatic carbocycles. The van der Waals surface area contributed by atoms with Crippen LogP contribution in [0.5, 0.6) is 0 Å². The van der Waals surface area contributed by atoms with Gasteiger partial charge in [0.05, 0.1) is 0 Å². The van der Waals surface area contributed by atoms with Crippen LogP contribution in [-0.2, 0) is 0 Å². The second-order valence-electron chi connectivity index (χ2n) is 3.24. The lowest BCUT2D eigenvalue weighted by Crippen LogP contribution is -2.24. The van der Waals surface area contributed by atoms with E-state index < -0.39 is 0 Å². The maximum Gasteiger partial charge on any atom is 0.222 e. The highest BCUT2D eigenvalue weighted by Crippen LogP contribution is 1.91. The maximum atomic E-state index is 5.39. The molecule has 0 fully saturated rings. The van der Waals surface area contributed by atoms with Crippen LogP contribution in [0.15, 0.2) is 18.5 Å². The van der Waals surface area contributed by atoms with Crippen LogP contribution in [0.25, 0.3) is 0 Å². The van der Waals surface area contributed by atoms with Crippen molar-refractivity contribution < 1.29 is 0 Å². The molecule has 5 heteroatoms. The van der Waals surface area contributed by atoms with Crippen LogP contribution in [0.4, 0.5) is 5.95 Å². The molecule has 1 aromatic rings. The SMILES string of the molecule is NCCCCNCCNc1ncccn1. The van der Waals surface area contributed by atoms with Crippen molar-refractivity contribution in [1.29, 1.82) is 0 Å². The third kappa shape index (κ3) is 5.98. The summed E-state index contributed by atoms with van der Waals surface area (Å²) < 4.78 is 0. The van der Waals surface area contributed by atoms with Crippen molar-refractivity contribution in [1.82, 2.24) is 15.3 Å². The monoisotopic (exact) mass is 209 g/mol. The zero-order chi connectivity index (χ0) is 10.8. The minimum atomic E-state index is 0.682. The van der Waals surface area contributed by atoms with E-state index in [0.29, 0.717) is 5.95 Å². The Balaban J connectivity index is 1.93. The first-order valence-electron chi connectivity index (χ1n) is 5.35. The summed E-state index contributed by atoms with van der Waals surface area (Å²) in [6.45, 7) is 3.56. The van der Waals surface area contributed by atoms with Crippen LogP contribution in [0.2, 0.25) is 0 Å². The Hall–Kier alpha value is -1.20. The van der Waals surface area contributed by atoms with E-state index in [1.165, 1.54) is 0 Å². The van der Waals surface area contributed by atoms with Crippen molar-refractivity contribution in [3.63, 3.8) is 0 Å². The molecule has 0 unspecified atom stereocenters. The lowest BCUT2D eigenvalue weighted by Gasteiger charge is -2.05. The van der Waals surface area contributed by atoms with Gasteiger partial charge in [0.25, 0.3) is 0 Å². The van der Waals surface area contributed by atoms with Gasteiger partial charge < -0.3 is 16.4 Å². The van der Waals surface area contributed by atoms with Crippen LogP contribution in [0.1, 0.15) is 12.8 Å². The molecule has 0 saturated carbocycles. The van der Waals surface area contributed by atoms with Gasteiger partial charge in [-0.25, -0.2) is 9.97 Å². The van der Waals surface area contributed by atoms with Crippen LogP contribution >= 0.6 is 0 Å². The number of hydrogen-bond donors (Lipinski definition) is 3. The van der Waals surface area contributed by atoms with Gasteiger partial charge in [-0.2, -0.15) is 0 Å². The quantitative estimate of drug-likeness (QED) is 0.534. The molecule has 0 aliphatic rings. The third-order valence-corrected chi connectivity index (χ3v) is 1.96. The number of nitrogens with one attached hydrogen (secondary N) is 2. The first kappa shape index (κ1) is 11.9. The molecule has 0 saturated heterocycles. The van der Waals surface area contributed by atoms with Gasteiger partial charge in [0.2, 0.25) is 5.95 Å². The predicted octanol–water partition coefficient (Wildman–Crippen LogP) is 0.217. The van der Waals surface area contributed by atoms with E-state index in [1.54, 1.807) is 18.5 Å².